The molecule has 1 aromatic rings. The molecule has 0 aliphatic rings. The van der Waals surface area contributed by atoms with Gasteiger partial charge in [-0.2, -0.15) is 5.10 Å². The van der Waals surface area contributed by atoms with E-state index in [1.54, 1.807) is 10.9 Å². The summed E-state index contributed by atoms with van der Waals surface area (Å²) in [6.07, 6.45) is 1.26. The topological polar surface area (TPSA) is 50.1 Å². The zero-order valence-corrected chi connectivity index (χ0v) is 9.28. The van der Waals surface area contributed by atoms with Crippen molar-refractivity contribution in [3.8, 4) is 0 Å². The van der Waals surface area contributed by atoms with Crippen LogP contribution in [0.4, 0.5) is 0 Å². The number of hydrogen-bond acceptors (Lipinski definition) is 3. The van der Waals surface area contributed by atoms with E-state index in [9.17, 15) is 5.11 Å². The number of rotatable bonds is 4. The Hall–Kier alpha value is -0.870. The van der Waals surface area contributed by atoms with Crippen LogP contribution in [0.25, 0.3) is 0 Å². The second kappa shape index (κ2) is 4.57. The fourth-order valence-electron chi connectivity index (χ4n) is 1.30. The van der Waals surface area contributed by atoms with Crippen LogP contribution < -0.4 is 5.32 Å². The molecular formula is C10H19N3O. The van der Waals surface area contributed by atoms with Crippen LogP contribution in [0.15, 0.2) is 6.20 Å². The van der Waals surface area contributed by atoms with Crippen LogP contribution in [-0.4, -0.2) is 27.5 Å². The molecule has 1 rings (SSSR count). The van der Waals surface area contributed by atoms with E-state index < -0.39 is 6.10 Å². The molecule has 0 spiro atoms. The maximum absolute atomic E-state index is 9.85. The van der Waals surface area contributed by atoms with Crippen LogP contribution in [-0.2, 0) is 7.05 Å². The van der Waals surface area contributed by atoms with E-state index in [4.69, 9.17) is 0 Å². The minimum atomic E-state index is -0.467. The van der Waals surface area contributed by atoms with Gasteiger partial charge in [0.1, 0.15) is 0 Å². The summed E-state index contributed by atoms with van der Waals surface area (Å²) >= 11 is 0. The standard InChI is InChI=1S/C10H19N3O/c1-7(2)11-6-10(14)9-5-12-13(4)8(9)3/h5,7,10-11,14H,6H2,1-4H3. The van der Waals surface area contributed by atoms with E-state index in [1.165, 1.54) is 0 Å². The van der Waals surface area contributed by atoms with Gasteiger partial charge in [0, 0.05) is 30.9 Å². The average molecular weight is 197 g/mol. The van der Waals surface area contributed by atoms with Gasteiger partial charge in [-0.3, -0.25) is 4.68 Å². The van der Waals surface area contributed by atoms with Crippen LogP contribution in [0.2, 0.25) is 0 Å². The Morgan fingerprint density at radius 3 is 2.64 bits per heavy atom. The number of nitrogens with zero attached hydrogens (tertiary/aromatic N) is 2. The second-order valence-electron chi connectivity index (χ2n) is 3.89. The van der Waals surface area contributed by atoms with Gasteiger partial charge in [0.25, 0.3) is 0 Å². The summed E-state index contributed by atoms with van der Waals surface area (Å²) in [7, 11) is 1.88. The highest BCUT2D eigenvalue weighted by molar-refractivity contribution is 5.19. The SMILES string of the molecule is Cc1c(C(O)CNC(C)C)cnn1C. The van der Waals surface area contributed by atoms with Gasteiger partial charge >= 0.3 is 0 Å². The van der Waals surface area contributed by atoms with Gasteiger partial charge in [0.2, 0.25) is 0 Å². The van der Waals surface area contributed by atoms with E-state index in [0.29, 0.717) is 12.6 Å². The van der Waals surface area contributed by atoms with E-state index >= 15 is 0 Å². The number of aliphatic hydroxyl groups excluding tert-OH is 1. The third-order valence-electron chi connectivity index (χ3n) is 2.35. The Kier molecular flexibility index (Phi) is 3.66. The van der Waals surface area contributed by atoms with E-state index in [0.717, 1.165) is 11.3 Å². The number of aryl methyl sites for hydroxylation is 1. The number of hydrogen-bond donors (Lipinski definition) is 2. The largest absolute Gasteiger partial charge is 0.387 e. The van der Waals surface area contributed by atoms with E-state index in [-0.39, 0.29) is 0 Å². The zero-order valence-electron chi connectivity index (χ0n) is 9.28. The Balaban J connectivity index is 2.60. The Bertz CT molecular complexity index is 294. The summed E-state index contributed by atoms with van der Waals surface area (Å²) in [5.74, 6) is 0. The molecule has 0 bridgehead atoms. The van der Waals surface area contributed by atoms with Crippen molar-refractivity contribution in [2.45, 2.75) is 32.9 Å². The van der Waals surface area contributed by atoms with Crippen molar-refractivity contribution >= 4 is 0 Å². The van der Waals surface area contributed by atoms with Gasteiger partial charge in [-0.05, 0) is 6.92 Å². The lowest BCUT2D eigenvalue weighted by atomic mass is 10.1. The molecular weight excluding hydrogens is 178 g/mol. The molecule has 0 aromatic carbocycles. The highest BCUT2D eigenvalue weighted by atomic mass is 16.3. The number of aromatic nitrogens is 2. The second-order valence-corrected chi connectivity index (χ2v) is 3.89. The molecule has 0 saturated heterocycles. The first kappa shape index (κ1) is 11.2. The summed E-state index contributed by atoms with van der Waals surface area (Å²) < 4.78 is 1.77. The third kappa shape index (κ3) is 2.56. The normalized spacial score (nSPS) is 13.6. The van der Waals surface area contributed by atoms with Crippen LogP contribution in [0, 0.1) is 6.92 Å². The first-order chi connectivity index (χ1) is 6.52. The predicted molar refractivity (Wildman–Crippen MR) is 56.0 cm³/mol. The minimum Gasteiger partial charge on any atom is -0.387 e. The molecule has 0 aliphatic heterocycles. The van der Waals surface area contributed by atoms with Crippen LogP contribution in [0.1, 0.15) is 31.2 Å². The summed E-state index contributed by atoms with van der Waals surface area (Å²) in [6, 6.07) is 0.390. The van der Waals surface area contributed by atoms with Gasteiger partial charge in [0.05, 0.1) is 12.3 Å². The minimum absolute atomic E-state index is 0.390. The molecule has 1 aromatic heterocycles. The summed E-state index contributed by atoms with van der Waals surface area (Å²) in [5, 5.41) is 17.1. The van der Waals surface area contributed by atoms with Crippen molar-refractivity contribution in [1.82, 2.24) is 15.1 Å². The maximum Gasteiger partial charge on any atom is 0.0947 e. The van der Waals surface area contributed by atoms with E-state index in [2.05, 4.69) is 24.3 Å². The molecule has 0 amide bonds. The maximum atomic E-state index is 9.85. The molecule has 14 heavy (non-hydrogen) atoms. The highest BCUT2D eigenvalue weighted by Crippen LogP contribution is 2.15. The van der Waals surface area contributed by atoms with Crippen molar-refractivity contribution in [2.24, 2.45) is 7.05 Å². The van der Waals surface area contributed by atoms with Crippen molar-refractivity contribution in [3.63, 3.8) is 0 Å². The molecule has 0 aliphatic carbocycles. The Morgan fingerprint density at radius 1 is 1.57 bits per heavy atom. The molecule has 4 heteroatoms. The molecule has 4 nitrogen and oxygen atoms in total. The first-order valence-electron chi connectivity index (χ1n) is 4.92. The van der Waals surface area contributed by atoms with Gasteiger partial charge in [-0.15, -0.1) is 0 Å². The van der Waals surface area contributed by atoms with Crippen molar-refractivity contribution in [1.29, 1.82) is 0 Å². The monoisotopic (exact) mass is 197 g/mol. The highest BCUT2D eigenvalue weighted by Gasteiger charge is 2.13. The third-order valence-corrected chi connectivity index (χ3v) is 2.35. The first-order valence-corrected chi connectivity index (χ1v) is 4.92. The molecule has 1 unspecified atom stereocenters. The summed E-state index contributed by atoms with van der Waals surface area (Å²) in [6.45, 7) is 6.65. The molecule has 0 fully saturated rings. The lowest BCUT2D eigenvalue weighted by molar-refractivity contribution is 0.171. The quantitative estimate of drug-likeness (QED) is 0.749. The van der Waals surface area contributed by atoms with Crippen molar-refractivity contribution in [3.05, 3.63) is 17.5 Å². The van der Waals surface area contributed by atoms with Crippen LogP contribution >= 0.6 is 0 Å². The van der Waals surface area contributed by atoms with Crippen LogP contribution in [0.3, 0.4) is 0 Å². The van der Waals surface area contributed by atoms with Crippen molar-refractivity contribution in [2.75, 3.05) is 6.54 Å². The predicted octanol–water partition coefficient (Wildman–Crippen LogP) is 0.760. The van der Waals surface area contributed by atoms with Crippen LogP contribution in [0.5, 0.6) is 0 Å². The van der Waals surface area contributed by atoms with Gasteiger partial charge in [-0.25, -0.2) is 0 Å². The number of aliphatic hydroxyl groups is 1. The molecule has 80 valence electrons. The number of nitrogens with one attached hydrogen (secondary N) is 1. The Morgan fingerprint density at radius 2 is 2.21 bits per heavy atom. The van der Waals surface area contributed by atoms with E-state index in [1.807, 2.05) is 14.0 Å². The smallest absolute Gasteiger partial charge is 0.0947 e. The lowest BCUT2D eigenvalue weighted by Gasteiger charge is -2.13. The fourth-order valence-corrected chi connectivity index (χ4v) is 1.30. The van der Waals surface area contributed by atoms with Gasteiger partial charge in [-0.1, -0.05) is 13.8 Å². The fraction of sp³-hybridized carbons (Fsp3) is 0.700. The van der Waals surface area contributed by atoms with Crippen molar-refractivity contribution < 1.29 is 5.11 Å². The zero-order chi connectivity index (χ0) is 10.7. The molecule has 2 N–H and O–H groups in total. The van der Waals surface area contributed by atoms with Gasteiger partial charge in [0.15, 0.2) is 0 Å². The molecule has 0 radical (unpaired) electrons. The molecule has 1 atom stereocenters. The average Bonchev–Trinajstić information content (AvgIpc) is 2.44. The summed E-state index contributed by atoms with van der Waals surface area (Å²) in [5.41, 5.74) is 1.92. The summed E-state index contributed by atoms with van der Waals surface area (Å²) in [4.78, 5) is 0. The molecule has 0 saturated carbocycles. The Labute approximate surface area is 84.9 Å². The van der Waals surface area contributed by atoms with Gasteiger partial charge < -0.3 is 10.4 Å². The lowest BCUT2D eigenvalue weighted by Crippen LogP contribution is -2.28. The molecule has 1 heterocycles.